The molecule has 0 saturated heterocycles. The summed E-state index contributed by atoms with van der Waals surface area (Å²) in [6.45, 7) is -0.262. The molecule has 5 nitrogen and oxygen atoms in total. The second-order valence-corrected chi connectivity index (χ2v) is 1.27. The molecule has 0 aromatic heterocycles. The first kappa shape index (κ1) is 7.93. The Morgan fingerprint density at radius 2 is 2.33 bits per heavy atom. The predicted octanol–water partition coefficient (Wildman–Crippen LogP) is -0.720. The average molecular weight is 129 g/mol. The first-order valence-electron chi connectivity index (χ1n) is 2.18. The SMILES string of the molecule is [B]C(=O)CCO[N+](=O)[O-]. The third-order valence-corrected chi connectivity index (χ3v) is 0.545. The van der Waals surface area contributed by atoms with Crippen LogP contribution in [0, 0.1) is 10.1 Å². The molecular weight excluding hydrogens is 125 g/mol. The van der Waals surface area contributed by atoms with Crippen molar-refractivity contribution in [3.63, 3.8) is 0 Å². The van der Waals surface area contributed by atoms with Crippen LogP contribution in [0.5, 0.6) is 0 Å². The highest BCUT2D eigenvalue weighted by Crippen LogP contribution is 1.80. The largest absolute Gasteiger partial charge is 0.313 e. The monoisotopic (exact) mass is 129 g/mol. The summed E-state index contributed by atoms with van der Waals surface area (Å²) in [6.07, 6.45) is -0.124. The van der Waals surface area contributed by atoms with Crippen LogP contribution in [0.1, 0.15) is 6.42 Å². The second-order valence-electron chi connectivity index (χ2n) is 1.27. The Balaban J connectivity index is 3.10. The highest BCUT2D eigenvalue weighted by atomic mass is 16.9. The Morgan fingerprint density at radius 1 is 1.78 bits per heavy atom. The zero-order valence-corrected chi connectivity index (χ0v) is 4.57. The third kappa shape index (κ3) is 6.93. The fraction of sp³-hybridized carbons (Fsp3) is 0.667. The Kier molecular flexibility index (Phi) is 3.42. The molecule has 0 aromatic rings. The van der Waals surface area contributed by atoms with Gasteiger partial charge in [-0.15, -0.1) is 10.1 Å². The topological polar surface area (TPSA) is 69.4 Å². The van der Waals surface area contributed by atoms with E-state index >= 15 is 0 Å². The number of carbonyl (C=O) groups excluding carboxylic acids is 1. The smallest absolute Gasteiger partial charge is 0.294 e. The Morgan fingerprint density at radius 3 is 2.67 bits per heavy atom. The zero-order chi connectivity index (χ0) is 7.28. The van der Waals surface area contributed by atoms with Crippen LogP contribution in [-0.2, 0) is 9.63 Å². The van der Waals surface area contributed by atoms with Crippen LogP contribution in [0.25, 0.3) is 0 Å². The molecule has 0 fully saturated rings. The van der Waals surface area contributed by atoms with Gasteiger partial charge >= 0.3 is 0 Å². The van der Waals surface area contributed by atoms with Gasteiger partial charge in [0.2, 0.25) is 0 Å². The Hall–Kier alpha value is -1.07. The lowest BCUT2D eigenvalue weighted by Gasteiger charge is -1.92. The van der Waals surface area contributed by atoms with Crippen LogP contribution >= 0.6 is 0 Å². The molecule has 0 spiro atoms. The maximum atomic E-state index is 9.90. The molecule has 0 saturated carbocycles. The van der Waals surface area contributed by atoms with Gasteiger partial charge in [0, 0.05) is 6.42 Å². The molecule has 0 N–H and O–H groups in total. The van der Waals surface area contributed by atoms with Gasteiger partial charge in [-0.25, -0.2) is 0 Å². The van der Waals surface area contributed by atoms with Crippen molar-refractivity contribution in [2.75, 3.05) is 6.61 Å². The summed E-state index contributed by atoms with van der Waals surface area (Å²) >= 11 is 0. The Bertz CT molecular complexity index is 111. The van der Waals surface area contributed by atoms with Crippen molar-refractivity contribution in [1.82, 2.24) is 0 Å². The van der Waals surface area contributed by atoms with E-state index < -0.39 is 10.8 Å². The van der Waals surface area contributed by atoms with Gasteiger partial charge in [0.25, 0.3) is 5.09 Å². The molecule has 0 bridgehead atoms. The van der Waals surface area contributed by atoms with E-state index in [9.17, 15) is 14.9 Å². The van der Waals surface area contributed by atoms with Crippen molar-refractivity contribution in [2.45, 2.75) is 6.42 Å². The van der Waals surface area contributed by atoms with Gasteiger partial charge in [-0.05, 0) is 0 Å². The molecular formula is C3H4BNO4. The van der Waals surface area contributed by atoms with Crippen molar-refractivity contribution >= 4 is 13.5 Å². The summed E-state index contributed by atoms with van der Waals surface area (Å²) in [5, 5.41) is 8.44. The summed E-state index contributed by atoms with van der Waals surface area (Å²) in [5.41, 5.74) is -0.614. The summed E-state index contributed by atoms with van der Waals surface area (Å²) < 4.78 is 0. The van der Waals surface area contributed by atoms with Crippen molar-refractivity contribution in [1.29, 1.82) is 0 Å². The minimum atomic E-state index is -0.969. The molecule has 9 heavy (non-hydrogen) atoms. The molecule has 0 atom stereocenters. The quantitative estimate of drug-likeness (QED) is 0.285. The van der Waals surface area contributed by atoms with Gasteiger partial charge in [0.05, 0.1) is 5.68 Å². The number of nitrogens with zero attached hydrogens (tertiary/aromatic N) is 1. The van der Waals surface area contributed by atoms with E-state index in [1.807, 2.05) is 0 Å². The van der Waals surface area contributed by atoms with Crippen LogP contribution in [0.4, 0.5) is 0 Å². The van der Waals surface area contributed by atoms with E-state index in [2.05, 4.69) is 12.7 Å². The van der Waals surface area contributed by atoms with E-state index in [1.165, 1.54) is 0 Å². The normalized spacial score (nSPS) is 8.44. The third-order valence-electron chi connectivity index (χ3n) is 0.545. The highest BCUT2D eigenvalue weighted by Gasteiger charge is 1.95. The van der Waals surface area contributed by atoms with Crippen LogP contribution in [-0.4, -0.2) is 25.2 Å². The fourth-order valence-corrected chi connectivity index (χ4v) is 0.221. The molecule has 0 aromatic carbocycles. The summed E-state index contributed by atoms with van der Waals surface area (Å²) in [6, 6.07) is 0. The molecule has 0 aliphatic carbocycles. The molecule has 0 heterocycles. The van der Waals surface area contributed by atoms with Crippen molar-refractivity contribution in [3.05, 3.63) is 10.1 Å². The highest BCUT2D eigenvalue weighted by molar-refractivity contribution is 6.57. The minimum Gasteiger partial charge on any atom is -0.313 e. The predicted molar refractivity (Wildman–Crippen MR) is 28.3 cm³/mol. The van der Waals surface area contributed by atoms with Gasteiger partial charge < -0.3 is 9.63 Å². The number of rotatable bonds is 4. The number of hydrogen-bond donors (Lipinski definition) is 0. The zero-order valence-electron chi connectivity index (χ0n) is 4.57. The molecule has 48 valence electrons. The molecule has 6 heteroatoms. The van der Waals surface area contributed by atoms with Gasteiger partial charge in [0.15, 0.2) is 7.85 Å². The first-order chi connectivity index (χ1) is 4.13. The lowest BCUT2D eigenvalue weighted by Crippen LogP contribution is -2.07. The maximum Gasteiger partial charge on any atom is 0.294 e. The molecule has 0 amide bonds. The molecule has 0 aliphatic rings. The van der Waals surface area contributed by atoms with E-state index in [4.69, 9.17) is 0 Å². The van der Waals surface area contributed by atoms with Gasteiger partial charge in [0.1, 0.15) is 6.61 Å². The first-order valence-corrected chi connectivity index (χ1v) is 2.18. The van der Waals surface area contributed by atoms with Crippen LogP contribution in [0.3, 0.4) is 0 Å². The Labute approximate surface area is 52.5 Å². The van der Waals surface area contributed by atoms with E-state index in [0.29, 0.717) is 0 Å². The standard InChI is InChI=1S/C3H4BNO4/c4-3(6)1-2-9-5(7)8/h1-2H2. The van der Waals surface area contributed by atoms with Crippen LogP contribution < -0.4 is 0 Å². The maximum absolute atomic E-state index is 9.90. The average Bonchev–Trinajstić information content (AvgIpc) is 1.63. The van der Waals surface area contributed by atoms with Gasteiger partial charge in [-0.1, -0.05) is 0 Å². The lowest BCUT2D eigenvalue weighted by molar-refractivity contribution is -0.757. The fourth-order valence-electron chi connectivity index (χ4n) is 0.221. The molecule has 0 unspecified atom stereocenters. The van der Waals surface area contributed by atoms with E-state index in [-0.39, 0.29) is 13.0 Å². The molecule has 0 aliphatic heterocycles. The molecule has 0 rings (SSSR count). The van der Waals surface area contributed by atoms with Gasteiger partial charge in [-0.3, -0.25) is 0 Å². The van der Waals surface area contributed by atoms with Crippen LogP contribution in [0.2, 0.25) is 0 Å². The summed E-state index contributed by atoms with van der Waals surface area (Å²) in [5.74, 6) is 0. The van der Waals surface area contributed by atoms with E-state index in [1.54, 1.807) is 0 Å². The molecule has 2 radical (unpaired) electrons. The van der Waals surface area contributed by atoms with Crippen molar-refractivity contribution < 1.29 is 14.7 Å². The summed E-state index contributed by atoms with van der Waals surface area (Å²) in [7, 11) is 4.64. The van der Waals surface area contributed by atoms with Gasteiger partial charge in [-0.2, -0.15) is 0 Å². The summed E-state index contributed by atoms with van der Waals surface area (Å²) in [4.78, 5) is 23.1. The number of hydrogen-bond acceptors (Lipinski definition) is 4. The lowest BCUT2D eigenvalue weighted by atomic mass is 10.0. The van der Waals surface area contributed by atoms with E-state index in [0.717, 1.165) is 0 Å². The van der Waals surface area contributed by atoms with Crippen molar-refractivity contribution in [2.24, 2.45) is 0 Å². The van der Waals surface area contributed by atoms with Crippen molar-refractivity contribution in [3.8, 4) is 0 Å². The minimum absolute atomic E-state index is 0.124. The second kappa shape index (κ2) is 3.88. The number of carbonyl (C=O) groups is 1. The van der Waals surface area contributed by atoms with Crippen LogP contribution in [0.15, 0.2) is 0 Å².